The van der Waals surface area contributed by atoms with Gasteiger partial charge in [-0.15, -0.1) is 0 Å². The molecule has 0 bridgehead atoms. The monoisotopic (exact) mass is 285 g/mol. The highest BCUT2D eigenvalue weighted by Gasteiger charge is 2.12. The lowest BCUT2D eigenvalue weighted by atomic mass is 10.1. The van der Waals surface area contributed by atoms with E-state index in [1.165, 1.54) is 17.7 Å². The van der Waals surface area contributed by atoms with Crippen molar-refractivity contribution in [2.24, 2.45) is 0 Å². The third-order valence-corrected chi connectivity index (χ3v) is 3.67. The Hall–Kier alpha value is -1.58. The highest BCUT2D eigenvalue weighted by atomic mass is 15.1. The van der Waals surface area contributed by atoms with Gasteiger partial charge in [0, 0.05) is 37.6 Å². The van der Waals surface area contributed by atoms with Crippen LogP contribution in [0.5, 0.6) is 0 Å². The smallest absolute Gasteiger partial charge is 0.0452 e. The highest BCUT2D eigenvalue weighted by molar-refractivity contribution is 5.19. The van der Waals surface area contributed by atoms with Crippen LogP contribution < -0.4 is 5.32 Å². The Bertz CT molecular complexity index is 516. The van der Waals surface area contributed by atoms with E-state index in [-0.39, 0.29) is 0 Å². The van der Waals surface area contributed by atoms with Crippen molar-refractivity contribution >= 4 is 0 Å². The minimum absolute atomic E-state index is 0.353. The third-order valence-electron chi connectivity index (χ3n) is 3.67. The number of benzene rings is 1. The summed E-state index contributed by atoms with van der Waals surface area (Å²) >= 11 is 0. The van der Waals surface area contributed by atoms with Crippen LogP contribution in [0.2, 0.25) is 0 Å². The minimum Gasteiger partial charge on any atom is -0.350 e. The van der Waals surface area contributed by atoms with E-state index in [0.717, 1.165) is 19.6 Å². The van der Waals surface area contributed by atoms with E-state index in [0.29, 0.717) is 6.04 Å². The average Bonchev–Trinajstić information content (AvgIpc) is 2.92. The number of likely N-dealkylation sites (N-methyl/N-ethyl adjacent to an activating group) is 1. The molecule has 1 heterocycles. The number of aromatic nitrogens is 1. The largest absolute Gasteiger partial charge is 0.350 e. The van der Waals surface area contributed by atoms with Gasteiger partial charge in [-0.1, -0.05) is 37.3 Å². The SMILES string of the molecule is CCCn1cccc1CNC(CN(C)C)c1ccccc1. The quantitative estimate of drug-likeness (QED) is 0.803. The van der Waals surface area contributed by atoms with E-state index in [2.05, 4.69) is 84.5 Å². The van der Waals surface area contributed by atoms with Crippen molar-refractivity contribution in [3.05, 3.63) is 59.9 Å². The van der Waals surface area contributed by atoms with Crippen molar-refractivity contribution < 1.29 is 0 Å². The second kappa shape index (κ2) is 8.01. The molecule has 2 rings (SSSR count). The lowest BCUT2D eigenvalue weighted by Gasteiger charge is -2.23. The van der Waals surface area contributed by atoms with Crippen LogP contribution in [0.3, 0.4) is 0 Å². The Kier molecular flexibility index (Phi) is 6.03. The molecule has 0 fully saturated rings. The fourth-order valence-corrected chi connectivity index (χ4v) is 2.64. The summed E-state index contributed by atoms with van der Waals surface area (Å²) < 4.78 is 2.34. The van der Waals surface area contributed by atoms with Gasteiger partial charge in [-0.2, -0.15) is 0 Å². The van der Waals surface area contributed by atoms with E-state index in [1.807, 2.05) is 0 Å². The summed E-state index contributed by atoms with van der Waals surface area (Å²) in [5.41, 5.74) is 2.70. The van der Waals surface area contributed by atoms with Crippen LogP contribution in [0, 0.1) is 0 Å². The van der Waals surface area contributed by atoms with E-state index >= 15 is 0 Å². The highest BCUT2D eigenvalue weighted by Crippen LogP contribution is 2.14. The number of hydrogen-bond acceptors (Lipinski definition) is 2. The molecule has 2 aromatic rings. The molecule has 0 spiro atoms. The molecule has 114 valence electrons. The van der Waals surface area contributed by atoms with E-state index in [4.69, 9.17) is 0 Å². The molecule has 1 aromatic carbocycles. The van der Waals surface area contributed by atoms with Crippen LogP contribution in [-0.2, 0) is 13.1 Å². The fraction of sp³-hybridized carbons (Fsp3) is 0.444. The Morgan fingerprint density at radius 2 is 1.86 bits per heavy atom. The Labute approximate surface area is 128 Å². The predicted octanol–water partition coefficient (Wildman–Crippen LogP) is 3.29. The summed E-state index contributed by atoms with van der Waals surface area (Å²) in [5.74, 6) is 0. The van der Waals surface area contributed by atoms with Crippen LogP contribution >= 0.6 is 0 Å². The second-order valence-corrected chi connectivity index (χ2v) is 5.80. The molecule has 3 heteroatoms. The Morgan fingerprint density at radius 3 is 2.52 bits per heavy atom. The molecule has 1 unspecified atom stereocenters. The summed E-state index contributed by atoms with van der Waals surface area (Å²) in [6.45, 7) is 5.21. The number of rotatable bonds is 8. The molecule has 0 radical (unpaired) electrons. The molecule has 1 aromatic heterocycles. The second-order valence-electron chi connectivity index (χ2n) is 5.80. The first-order valence-electron chi connectivity index (χ1n) is 7.77. The van der Waals surface area contributed by atoms with Crippen LogP contribution in [0.25, 0.3) is 0 Å². The lowest BCUT2D eigenvalue weighted by Crippen LogP contribution is -2.31. The van der Waals surface area contributed by atoms with Crippen molar-refractivity contribution in [1.29, 1.82) is 0 Å². The zero-order valence-electron chi connectivity index (χ0n) is 13.4. The van der Waals surface area contributed by atoms with Crippen molar-refractivity contribution in [3.8, 4) is 0 Å². The van der Waals surface area contributed by atoms with Gasteiger partial charge >= 0.3 is 0 Å². The Balaban J connectivity index is 2.03. The van der Waals surface area contributed by atoms with E-state index in [1.54, 1.807) is 0 Å². The molecule has 1 N–H and O–H groups in total. The number of aryl methyl sites for hydroxylation is 1. The minimum atomic E-state index is 0.353. The lowest BCUT2D eigenvalue weighted by molar-refractivity contribution is 0.338. The van der Waals surface area contributed by atoms with Gasteiger partial charge in [0.1, 0.15) is 0 Å². The molecule has 0 aliphatic carbocycles. The Morgan fingerprint density at radius 1 is 1.10 bits per heavy atom. The van der Waals surface area contributed by atoms with Crippen molar-refractivity contribution in [2.45, 2.75) is 32.5 Å². The van der Waals surface area contributed by atoms with Crippen molar-refractivity contribution in [1.82, 2.24) is 14.8 Å². The molecule has 0 aliphatic heterocycles. The van der Waals surface area contributed by atoms with Crippen molar-refractivity contribution in [2.75, 3.05) is 20.6 Å². The molecule has 0 saturated carbocycles. The van der Waals surface area contributed by atoms with Gasteiger partial charge in [0.05, 0.1) is 0 Å². The van der Waals surface area contributed by atoms with Crippen LogP contribution in [0.1, 0.15) is 30.6 Å². The topological polar surface area (TPSA) is 20.2 Å². The maximum Gasteiger partial charge on any atom is 0.0452 e. The van der Waals surface area contributed by atoms with Gasteiger partial charge in [0.2, 0.25) is 0 Å². The molecule has 0 saturated heterocycles. The molecular weight excluding hydrogens is 258 g/mol. The van der Waals surface area contributed by atoms with Gasteiger partial charge in [-0.3, -0.25) is 0 Å². The van der Waals surface area contributed by atoms with E-state index in [9.17, 15) is 0 Å². The number of nitrogens with one attached hydrogen (secondary N) is 1. The molecule has 21 heavy (non-hydrogen) atoms. The van der Waals surface area contributed by atoms with Gasteiger partial charge in [0.25, 0.3) is 0 Å². The third kappa shape index (κ3) is 4.73. The normalized spacial score (nSPS) is 12.8. The van der Waals surface area contributed by atoms with Crippen LogP contribution in [-0.4, -0.2) is 30.1 Å². The number of nitrogens with zero attached hydrogens (tertiary/aromatic N) is 2. The van der Waals surface area contributed by atoms with Gasteiger partial charge in [0.15, 0.2) is 0 Å². The molecule has 1 atom stereocenters. The molecule has 0 aliphatic rings. The zero-order valence-corrected chi connectivity index (χ0v) is 13.4. The average molecular weight is 285 g/mol. The van der Waals surface area contributed by atoms with Crippen LogP contribution in [0.15, 0.2) is 48.7 Å². The molecule has 0 amide bonds. The fourth-order valence-electron chi connectivity index (χ4n) is 2.64. The molecular formula is C18H27N3. The first-order valence-corrected chi connectivity index (χ1v) is 7.77. The predicted molar refractivity (Wildman–Crippen MR) is 89.3 cm³/mol. The van der Waals surface area contributed by atoms with Gasteiger partial charge < -0.3 is 14.8 Å². The summed E-state index contributed by atoms with van der Waals surface area (Å²) in [6, 6.07) is 15.4. The zero-order chi connectivity index (χ0) is 15.1. The maximum atomic E-state index is 3.71. The first kappa shape index (κ1) is 15.8. The maximum absolute atomic E-state index is 3.71. The van der Waals surface area contributed by atoms with Crippen molar-refractivity contribution in [3.63, 3.8) is 0 Å². The summed E-state index contributed by atoms with van der Waals surface area (Å²) in [5, 5.41) is 3.71. The number of hydrogen-bond donors (Lipinski definition) is 1. The standard InChI is InChI=1S/C18H27N3/c1-4-12-21-13-8-11-17(21)14-19-18(15-20(2)3)16-9-6-5-7-10-16/h5-11,13,18-19H,4,12,14-15H2,1-3H3. The molecule has 3 nitrogen and oxygen atoms in total. The first-order chi connectivity index (χ1) is 10.2. The van der Waals surface area contributed by atoms with Gasteiger partial charge in [-0.25, -0.2) is 0 Å². The van der Waals surface area contributed by atoms with Crippen LogP contribution in [0.4, 0.5) is 0 Å². The van der Waals surface area contributed by atoms with E-state index < -0.39 is 0 Å². The summed E-state index contributed by atoms with van der Waals surface area (Å²) in [4.78, 5) is 2.23. The summed E-state index contributed by atoms with van der Waals surface area (Å²) in [6.07, 6.45) is 3.34. The summed E-state index contributed by atoms with van der Waals surface area (Å²) in [7, 11) is 4.24. The van der Waals surface area contributed by atoms with Gasteiger partial charge in [-0.05, 0) is 38.2 Å².